The van der Waals surface area contributed by atoms with Crippen LogP contribution >= 0.6 is 0 Å². The maximum atomic E-state index is 2.32. The Labute approximate surface area is 134 Å². The van der Waals surface area contributed by atoms with Crippen molar-refractivity contribution in [1.82, 2.24) is 8.80 Å². The van der Waals surface area contributed by atoms with Crippen LogP contribution in [-0.4, -0.2) is 8.80 Å². The van der Waals surface area contributed by atoms with E-state index in [0.29, 0.717) is 0 Å². The molecule has 23 heavy (non-hydrogen) atoms. The quantitative estimate of drug-likeness (QED) is 0.436. The third kappa shape index (κ3) is 1.88. The van der Waals surface area contributed by atoms with Crippen molar-refractivity contribution >= 4 is 21.9 Å². The molecule has 0 radical (unpaired) electrons. The molecule has 0 amide bonds. The summed E-state index contributed by atoms with van der Waals surface area (Å²) >= 11 is 0. The second-order valence-electron chi connectivity index (χ2n) is 6.00. The highest BCUT2D eigenvalue weighted by atomic mass is 15.0. The van der Waals surface area contributed by atoms with Crippen LogP contribution in [0.25, 0.3) is 21.9 Å². The van der Waals surface area contributed by atoms with Crippen molar-refractivity contribution in [1.29, 1.82) is 0 Å². The number of aromatic nitrogens is 2. The normalized spacial score (nSPS) is 11.7. The van der Waals surface area contributed by atoms with Gasteiger partial charge in [-0.2, -0.15) is 0 Å². The fourth-order valence-corrected chi connectivity index (χ4v) is 3.50. The molecule has 5 rings (SSSR count). The molecule has 0 saturated carbocycles. The first-order chi connectivity index (χ1) is 11.4. The van der Waals surface area contributed by atoms with Gasteiger partial charge < -0.3 is 8.80 Å². The third-order valence-corrected chi connectivity index (χ3v) is 4.57. The van der Waals surface area contributed by atoms with E-state index in [2.05, 4.69) is 94.0 Å². The molecule has 3 heterocycles. The molecule has 0 spiro atoms. The number of nitrogens with zero attached hydrogens (tertiary/aromatic N) is 2. The lowest BCUT2D eigenvalue weighted by atomic mass is 10.1. The fraction of sp³-hybridized carbons (Fsp3) is 0.0476. The Morgan fingerprint density at radius 1 is 0.652 bits per heavy atom. The predicted octanol–water partition coefficient (Wildman–Crippen LogP) is 4.94. The van der Waals surface area contributed by atoms with Gasteiger partial charge in [0.05, 0.1) is 16.6 Å². The lowest BCUT2D eigenvalue weighted by Gasteiger charge is -2.10. The number of para-hydroxylation sites is 1. The van der Waals surface area contributed by atoms with Crippen LogP contribution in [0.3, 0.4) is 0 Å². The van der Waals surface area contributed by atoms with Gasteiger partial charge in [-0.3, -0.25) is 0 Å². The predicted molar refractivity (Wildman–Crippen MR) is 95.1 cm³/mol. The van der Waals surface area contributed by atoms with Crippen molar-refractivity contribution < 1.29 is 0 Å². The molecular weight excluding hydrogens is 280 g/mol. The van der Waals surface area contributed by atoms with Gasteiger partial charge in [0.2, 0.25) is 0 Å². The van der Waals surface area contributed by atoms with Crippen LogP contribution in [0.2, 0.25) is 0 Å². The molecule has 0 fully saturated rings. The lowest BCUT2D eigenvalue weighted by molar-refractivity contribution is 0.979. The standard InChI is InChI=1S/C21H16N2/c1-2-7-16(8-3-1)13-18-15-23-19-10-5-4-9-17(19)14-21(23)20-11-6-12-22(18)20/h1-12,14-15H,13H2. The van der Waals surface area contributed by atoms with E-state index in [9.17, 15) is 0 Å². The van der Waals surface area contributed by atoms with Gasteiger partial charge in [0, 0.05) is 29.9 Å². The average Bonchev–Trinajstić information content (AvgIpc) is 3.20. The van der Waals surface area contributed by atoms with E-state index in [1.165, 1.54) is 33.2 Å². The van der Waals surface area contributed by atoms with Gasteiger partial charge in [0.15, 0.2) is 0 Å². The van der Waals surface area contributed by atoms with Gasteiger partial charge in [-0.25, -0.2) is 0 Å². The Morgan fingerprint density at radius 2 is 1.43 bits per heavy atom. The molecule has 2 aromatic carbocycles. The smallest absolute Gasteiger partial charge is 0.0704 e. The van der Waals surface area contributed by atoms with Crippen LogP contribution in [0.15, 0.2) is 85.2 Å². The summed E-state index contributed by atoms with van der Waals surface area (Å²) in [5.74, 6) is 0. The van der Waals surface area contributed by atoms with E-state index in [1.54, 1.807) is 0 Å². The van der Waals surface area contributed by atoms with E-state index >= 15 is 0 Å². The highest BCUT2D eigenvalue weighted by Gasteiger charge is 2.10. The highest BCUT2D eigenvalue weighted by Crippen LogP contribution is 2.26. The van der Waals surface area contributed by atoms with Crippen molar-refractivity contribution in [3.8, 4) is 0 Å². The summed E-state index contributed by atoms with van der Waals surface area (Å²) < 4.78 is 4.63. The maximum absolute atomic E-state index is 2.32. The molecule has 0 bridgehead atoms. The SMILES string of the molecule is c1ccc(Cc2cn3c4ccccc4cc3c3cccn23)cc1. The van der Waals surface area contributed by atoms with Gasteiger partial charge in [0.25, 0.3) is 0 Å². The molecule has 0 aliphatic carbocycles. The second kappa shape index (κ2) is 4.75. The van der Waals surface area contributed by atoms with E-state index < -0.39 is 0 Å². The molecule has 5 aromatic rings. The van der Waals surface area contributed by atoms with Gasteiger partial charge in [-0.05, 0) is 29.8 Å². The number of fused-ring (bicyclic) bond motifs is 5. The number of hydrogen-bond acceptors (Lipinski definition) is 0. The summed E-state index contributed by atoms with van der Waals surface area (Å²) in [5.41, 5.74) is 6.41. The Hall–Kier alpha value is -3.00. The Kier molecular flexibility index (Phi) is 2.59. The summed E-state index contributed by atoms with van der Waals surface area (Å²) in [6.07, 6.45) is 5.36. The first-order valence-corrected chi connectivity index (χ1v) is 7.93. The molecule has 0 aliphatic rings. The van der Waals surface area contributed by atoms with Crippen LogP contribution in [0.1, 0.15) is 11.3 Å². The molecule has 0 atom stereocenters. The number of rotatable bonds is 2. The zero-order valence-electron chi connectivity index (χ0n) is 12.7. The van der Waals surface area contributed by atoms with Crippen molar-refractivity contribution in [3.05, 3.63) is 96.4 Å². The largest absolute Gasteiger partial charge is 0.317 e. The first kappa shape index (κ1) is 12.5. The molecule has 110 valence electrons. The monoisotopic (exact) mass is 296 g/mol. The van der Waals surface area contributed by atoms with Gasteiger partial charge >= 0.3 is 0 Å². The summed E-state index contributed by atoms with van der Waals surface area (Å²) in [7, 11) is 0. The molecule has 2 nitrogen and oxygen atoms in total. The zero-order valence-corrected chi connectivity index (χ0v) is 12.7. The van der Waals surface area contributed by atoms with Crippen LogP contribution in [-0.2, 0) is 6.42 Å². The van der Waals surface area contributed by atoms with E-state index in [0.717, 1.165) is 6.42 Å². The Morgan fingerprint density at radius 3 is 2.35 bits per heavy atom. The lowest BCUT2D eigenvalue weighted by Crippen LogP contribution is -2.01. The summed E-state index contributed by atoms with van der Waals surface area (Å²) in [6, 6.07) is 25.8. The van der Waals surface area contributed by atoms with Crippen LogP contribution in [0, 0.1) is 0 Å². The maximum Gasteiger partial charge on any atom is 0.0704 e. The molecule has 0 aliphatic heterocycles. The van der Waals surface area contributed by atoms with Gasteiger partial charge in [-0.15, -0.1) is 0 Å². The fourth-order valence-electron chi connectivity index (χ4n) is 3.50. The molecule has 0 N–H and O–H groups in total. The third-order valence-electron chi connectivity index (χ3n) is 4.57. The van der Waals surface area contributed by atoms with Crippen molar-refractivity contribution in [2.45, 2.75) is 6.42 Å². The zero-order chi connectivity index (χ0) is 15.2. The number of benzene rings is 2. The topological polar surface area (TPSA) is 8.82 Å². The molecular formula is C21H16N2. The van der Waals surface area contributed by atoms with Crippen LogP contribution in [0.4, 0.5) is 0 Å². The van der Waals surface area contributed by atoms with Crippen LogP contribution < -0.4 is 0 Å². The average molecular weight is 296 g/mol. The van der Waals surface area contributed by atoms with Gasteiger partial charge in [-0.1, -0.05) is 48.5 Å². The minimum Gasteiger partial charge on any atom is -0.317 e. The van der Waals surface area contributed by atoms with Crippen LogP contribution in [0.5, 0.6) is 0 Å². The minimum atomic E-state index is 0.925. The van der Waals surface area contributed by atoms with Crippen molar-refractivity contribution in [2.75, 3.05) is 0 Å². The minimum absolute atomic E-state index is 0.925. The van der Waals surface area contributed by atoms with E-state index in [1.807, 2.05) is 0 Å². The summed E-state index contributed by atoms with van der Waals surface area (Å²) in [5, 5.41) is 1.28. The van der Waals surface area contributed by atoms with Crippen molar-refractivity contribution in [3.63, 3.8) is 0 Å². The summed E-state index contributed by atoms with van der Waals surface area (Å²) in [6.45, 7) is 0. The van der Waals surface area contributed by atoms with E-state index in [-0.39, 0.29) is 0 Å². The van der Waals surface area contributed by atoms with E-state index in [4.69, 9.17) is 0 Å². The first-order valence-electron chi connectivity index (χ1n) is 7.93. The van der Waals surface area contributed by atoms with Crippen molar-refractivity contribution in [2.24, 2.45) is 0 Å². The molecule has 0 saturated heterocycles. The highest BCUT2D eigenvalue weighted by molar-refractivity contribution is 5.93. The molecule has 3 aromatic heterocycles. The molecule has 2 heteroatoms. The summed E-state index contributed by atoms with van der Waals surface area (Å²) in [4.78, 5) is 0. The Balaban J connectivity index is 1.83. The van der Waals surface area contributed by atoms with Gasteiger partial charge in [0.1, 0.15) is 0 Å². The molecule has 0 unspecified atom stereocenters. The second-order valence-corrected chi connectivity index (χ2v) is 6.00. The Bertz CT molecular complexity index is 1130. The number of hydrogen-bond donors (Lipinski definition) is 0.